The van der Waals surface area contributed by atoms with Gasteiger partial charge in [-0.25, -0.2) is 14.2 Å². The number of halogens is 1. The van der Waals surface area contributed by atoms with E-state index in [4.69, 9.17) is 4.74 Å². The molecule has 2 aliphatic rings. The van der Waals surface area contributed by atoms with Crippen LogP contribution in [0, 0.1) is 5.82 Å². The first-order valence-electron chi connectivity index (χ1n) is 9.99. The number of nitrogens with zero attached hydrogens (tertiary/aromatic N) is 3. The fraction of sp³-hybridized carbons (Fsp3) is 0.381. The molecule has 1 aromatic heterocycles. The molecular weight excluding hydrogens is 423 g/mol. The lowest BCUT2D eigenvalue weighted by Crippen LogP contribution is -2.40. The number of ether oxygens (including phenoxy) is 1. The second-order valence-electron chi connectivity index (χ2n) is 7.46. The number of hydrogen-bond donors (Lipinski definition) is 1. The van der Waals surface area contributed by atoms with Crippen LogP contribution >= 0.6 is 0 Å². The van der Waals surface area contributed by atoms with E-state index in [1.807, 2.05) is 6.07 Å². The van der Waals surface area contributed by atoms with Crippen LogP contribution in [0.4, 0.5) is 20.7 Å². The quantitative estimate of drug-likeness (QED) is 0.705. The predicted molar refractivity (Wildman–Crippen MR) is 116 cm³/mol. The Morgan fingerprint density at radius 3 is 2.74 bits per heavy atom. The van der Waals surface area contributed by atoms with Crippen molar-refractivity contribution in [3.05, 3.63) is 42.3 Å². The van der Waals surface area contributed by atoms with E-state index in [1.54, 1.807) is 24.4 Å². The van der Waals surface area contributed by atoms with Gasteiger partial charge in [-0.2, -0.15) is 0 Å². The summed E-state index contributed by atoms with van der Waals surface area (Å²) in [5, 5.41) is 2.61. The van der Waals surface area contributed by atoms with Gasteiger partial charge in [0.2, 0.25) is 5.91 Å². The molecule has 1 aromatic carbocycles. The Balaban J connectivity index is 1.45. The highest BCUT2D eigenvalue weighted by molar-refractivity contribution is 7.91. The molecule has 3 heterocycles. The monoisotopic (exact) mass is 446 g/mol. The van der Waals surface area contributed by atoms with E-state index in [2.05, 4.69) is 15.2 Å². The second-order valence-corrected chi connectivity index (χ2v) is 9.15. The first kappa shape index (κ1) is 21.4. The van der Waals surface area contributed by atoms with E-state index < -0.39 is 29.2 Å². The molecule has 164 valence electrons. The summed E-state index contributed by atoms with van der Waals surface area (Å²) in [7, 11) is 0. The molecule has 2 fully saturated rings. The average molecular weight is 447 g/mol. The number of benzene rings is 1. The van der Waals surface area contributed by atoms with Gasteiger partial charge in [0.1, 0.15) is 29.2 Å². The van der Waals surface area contributed by atoms with Crippen LogP contribution in [-0.2, 0) is 20.7 Å². The van der Waals surface area contributed by atoms with Gasteiger partial charge >= 0.3 is 6.09 Å². The number of nitrogens with one attached hydrogen (secondary N) is 1. The molecule has 2 aromatic rings. The number of cyclic esters (lactones) is 1. The average Bonchev–Trinajstić information content (AvgIpc) is 3.13. The maximum absolute atomic E-state index is 14.9. The molecule has 1 N–H and O–H groups in total. The summed E-state index contributed by atoms with van der Waals surface area (Å²) in [5.74, 6) is 1.36. The number of aromatic nitrogens is 1. The third-order valence-electron chi connectivity index (χ3n) is 5.28. The van der Waals surface area contributed by atoms with Crippen molar-refractivity contribution in [1.82, 2.24) is 10.3 Å². The summed E-state index contributed by atoms with van der Waals surface area (Å²) >= 11 is -0.758. The number of hydrogen-bond acceptors (Lipinski definition) is 6. The van der Waals surface area contributed by atoms with Crippen LogP contribution in [-0.4, -0.2) is 65.3 Å². The number of carbonyl (C=O) groups is 2. The van der Waals surface area contributed by atoms with Crippen molar-refractivity contribution in [2.75, 3.05) is 47.5 Å². The first-order valence-corrected chi connectivity index (χ1v) is 11.5. The van der Waals surface area contributed by atoms with Gasteiger partial charge in [-0.3, -0.25) is 9.69 Å². The van der Waals surface area contributed by atoms with Crippen LogP contribution < -0.4 is 15.1 Å². The van der Waals surface area contributed by atoms with Crippen molar-refractivity contribution in [2.45, 2.75) is 13.0 Å². The summed E-state index contributed by atoms with van der Waals surface area (Å²) in [6.07, 6.45) is 0.561. The maximum Gasteiger partial charge on any atom is 0.414 e. The molecule has 0 spiro atoms. The maximum atomic E-state index is 14.9. The minimum atomic E-state index is -0.758. The highest BCUT2D eigenvalue weighted by atomic mass is 32.2. The molecule has 1 atom stereocenters. The van der Waals surface area contributed by atoms with E-state index in [0.29, 0.717) is 41.4 Å². The molecule has 2 amide bonds. The van der Waals surface area contributed by atoms with Crippen molar-refractivity contribution in [3.8, 4) is 11.1 Å². The van der Waals surface area contributed by atoms with Crippen molar-refractivity contribution in [3.63, 3.8) is 0 Å². The molecule has 0 radical (unpaired) electrons. The summed E-state index contributed by atoms with van der Waals surface area (Å²) < 4.78 is 31.6. The molecule has 2 saturated heterocycles. The zero-order valence-electron chi connectivity index (χ0n) is 17.0. The van der Waals surface area contributed by atoms with Crippen LogP contribution in [0.3, 0.4) is 0 Å². The largest absolute Gasteiger partial charge is 0.616 e. The van der Waals surface area contributed by atoms with Gasteiger partial charge in [-0.1, -0.05) is 11.2 Å². The minimum absolute atomic E-state index is 0.209. The normalized spacial score (nSPS) is 19.5. The second kappa shape index (κ2) is 9.11. The summed E-state index contributed by atoms with van der Waals surface area (Å²) in [6.45, 7) is 3.21. The molecule has 0 aliphatic carbocycles. The van der Waals surface area contributed by atoms with E-state index in [1.165, 1.54) is 17.9 Å². The predicted octanol–water partition coefficient (Wildman–Crippen LogP) is 1.92. The molecular formula is C21H23FN4O4S. The van der Waals surface area contributed by atoms with Gasteiger partial charge in [0, 0.05) is 24.2 Å². The van der Waals surface area contributed by atoms with Gasteiger partial charge in [-0.05, 0) is 30.3 Å². The highest BCUT2D eigenvalue weighted by Crippen LogP contribution is 2.29. The summed E-state index contributed by atoms with van der Waals surface area (Å²) in [4.78, 5) is 31.0. The lowest BCUT2D eigenvalue weighted by Gasteiger charge is -2.29. The fourth-order valence-corrected chi connectivity index (χ4v) is 4.65. The molecule has 2 aliphatic heterocycles. The Morgan fingerprint density at radius 1 is 1.32 bits per heavy atom. The van der Waals surface area contributed by atoms with Gasteiger partial charge < -0.3 is 19.5 Å². The number of anilines is 2. The lowest BCUT2D eigenvalue weighted by atomic mass is 10.1. The fourth-order valence-electron chi connectivity index (χ4n) is 3.60. The molecule has 1 unspecified atom stereocenters. The summed E-state index contributed by atoms with van der Waals surface area (Å²) in [6, 6.07) is 8.21. The highest BCUT2D eigenvalue weighted by Gasteiger charge is 2.32. The third kappa shape index (κ3) is 4.91. The van der Waals surface area contributed by atoms with Gasteiger partial charge in [0.05, 0.1) is 31.9 Å². The van der Waals surface area contributed by atoms with Gasteiger partial charge in [0.15, 0.2) is 0 Å². The Hall–Kier alpha value is -2.85. The molecule has 4 rings (SSSR count). The van der Waals surface area contributed by atoms with E-state index >= 15 is 0 Å². The van der Waals surface area contributed by atoms with Crippen molar-refractivity contribution in [2.24, 2.45) is 0 Å². The van der Waals surface area contributed by atoms with Crippen molar-refractivity contribution in [1.29, 1.82) is 0 Å². The summed E-state index contributed by atoms with van der Waals surface area (Å²) in [5.41, 5.74) is 1.40. The molecule has 8 nitrogen and oxygen atoms in total. The minimum Gasteiger partial charge on any atom is -0.616 e. The Labute approximate surface area is 182 Å². The number of pyridine rings is 1. The van der Waals surface area contributed by atoms with Gasteiger partial charge in [-0.15, -0.1) is 0 Å². The Morgan fingerprint density at radius 2 is 2.10 bits per heavy atom. The van der Waals surface area contributed by atoms with Gasteiger partial charge in [0.25, 0.3) is 0 Å². The Kier molecular flexibility index (Phi) is 6.28. The van der Waals surface area contributed by atoms with Crippen LogP contribution in [0.1, 0.15) is 6.92 Å². The number of carbonyl (C=O) groups excluding carboxylic acids is 2. The van der Waals surface area contributed by atoms with Crippen LogP contribution in [0.5, 0.6) is 0 Å². The topological polar surface area (TPSA) is 97.8 Å². The smallest absolute Gasteiger partial charge is 0.414 e. The van der Waals surface area contributed by atoms with Crippen molar-refractivity contribution >= 4 is 34.7 Å². The van der Waals surface area contributed by atoms with Crippen LogP contribution in [0.25, 0.3) is 11.1 Å². The molecule has 0 bridgehead atoms. The standard InChI is InChI=1S/C21H23FN4O4S/c1-14(27)23-12-17-13-26(21(28)30-17)16-3-4-18(19(22)10-16)15-2-5-20(24-11-15)25-6-8-31(29)9-7-25/h2-5,10-11,17H,6-9,12-13H2,1H3,(H,23,27). The molecule has 10 heteroatoms. The lowest BCUT2D eigenvalue weighted by molar-refractivity contribution is -0.119. The van der Waals surface area contributed by atoms with E-state index in [-0.39, 0.29) is 19.0 Å². The number of amides is 2. The molecule has 0 saturated carbocycles. The third-order valence-corrected chi connectivity index (χ3v) is 6.55. The number of rotatable bonds is 5. The molecule has 31 heavy (non-hydrogen) atoms. The van der Waals surface area contributed by atoms with Crippen molar-refractivity contribution < 1.29 is 23.3 Å². The zero-order chi connectivity index (χ0) is 22.0. The van der Waals surface area contributed by atoms with Crippen LogP contribution in [0.2, 0.25) is 0 Å². The zero-order valence-corrected chi connectivity index (χ0v) is 17.9. The SMILES string of the molecule is CC(=O)NCC1CN(c2ccc(-c3ccc(N4CC[S+]([O-])CC4)nc3)c(F)c2)C(=O)O1. The van der Waals surface area contributed by atoms with E-state index in [9.17, 15) is 18.5 Å². The Bertz CT molecular complexity index is 966. The van der Waals surface area contributed by atoms with E-state index in [0.717, 1.165) is 5.82 Å². The first-order chi connectivity index (χ1) is 14.9. The van der Waals surface area contributed by atoms with Crippen LogP contribution in [0.15, 0.2) is 36.5 Å².